The second-order valence-corrected chi connectivity index (χ2v) is 4.33. The van der Waals surface area contributed by atoms with Gasteiger partial charge in [-0.05, 0) is 29.3 Å². The van der Waals surface area contributed by atoms with Gasteiger partial charge in [-0.2, -0.15) is 0 Å². The fourth-order valence-corrected chi connectivity index (χ4v) is 2.04. The maximum absolute atomic E-state index is 9.42. The zero-order valence-corrected chi connectivity index (χ0v) is 9.53. The molecule has 5 heteroatoms. The van der Waals surface area contributed by atoms with Crippen LogP contribution in [-0.4, -0.2) is 34.3 Å². The molecule has 4 nitrogen and oxygen atoms in total. The number of hydrogen-bond donors (Lipinski definition) is 1. The zero-order chi connectivity index (χ0) is 10.1. The van der Waals surface area contributed by atoms with Crippen LogP contribution in [0.5, 0.6) is 0 Å². The number of nitrogens with zero attached hydrogens (tertiary/aromatic N) is 3. The SMILES string of the molecule is Cc1ncc(Br)c(N2CCC(O)C2)n1. The largest absolute Gasteiger partial charge is 0.391 e. The van der Waals surface area contributed by atoms with Gasteiger partial charge in [0, 0.05) is 19.3 Å². The fraction of sp³-hybridized carbons (Fsp3) is 0.556. The highest BCUT2D eigenvalue weighted by Crippen LogP contribution is 2.26. The molecule has 0 amide bonds. The molecule has 1 saturated heterocycles. The van der Waals surface area contributed by atoms with Crippen LogP contribution in [0.3, 0.4) is 0 Å². The molecule has 0 spiro atoms. The second kappa shape index (κ2) is 3.82. The van der Waals surface area contributed by atoms with Gasteiger partial charge in [0.25, 0.3) is 0 Å². The van der Waals surface area contributed by atoms with E-state index in [1.54, 1.807) is 6.20 Å². The summed E-state index contributed by atoms with van der Waals surface area (Å²) in [7, 11) is 0. The minimum atomic E-state index is -0.225. The number of aromatic nitrogens is 2. The quantitative estimate of drug-likeness (QED) is 0.820. The van der Waals surface area contributed by atoms with E-state index in [1.807, 2.05) is 6.92 Å². The minimum Gasteiger partial charge on any atom is -0.391 e. The summed E-state index contributed by atoms with van der Waals surface area (Å²) in [5, 5.41) is 9.42. The van der Waals surface area contributed by atoms with Crippen molar-refractivity contribution in [2.75, 3.05) is 18.0 Å². The van der Waals surface area contributed by atoms with Crippen molar-refractivity contribution in [3.8, 4) is 0 Å². The van der Waals surface area contributed by atoms with E-state index in [9.17, 15) is 5.11 Å². The molecule has 1 unspecified atom stereocenters. The lowest BCUT2D eigenvalue weighted by Crippen LogP contribution is -2.23. The number of hydrogen-bond acceptors (Lipinski definition) is 4. The van der Waals surface area contributed by atoms with Gasteiger partial charge >= 0.3 is 0 Å². The third-order valence-electron chi connectivity index (χ3n) is 2.31. The maximum atomic E-state index is 9.42. The minimum absolute atomic E-state index is 0.225. The Kier molecular flexibility index (Phi) is 2.69. The van der Waals surface area contributed by atoms with Crippen LogP contribution in [0, 0.1) is 6.92 Å². The Hall–Kier alpha value is -0.680. The normalized spacial score (nSPS) is 21.6. The number of β-amino-alcohol motifs (C(OH)–C–C–N with tert-alkyl or cyclic N) is 1. The van der Waals surface area contributed by atoms with E-state index in [1.165, 1.54) is 0 Å². The van der Waals surface area contributed by atoms with Gasteiger partial charge in [-0.25, -0.2) is 9.97 Å². The number of aliphatic hydroxyl groups excluding tert-OH is 1. The third-order valence-corrected chi connectivity index (χ3v) is 2.87. The molecule has 1 aliphatic rings. The summed E-state index contributed by atoms with van der Waals surface area (Å²) in [4.78, 5) is 10.5. The summed E-state index contributed by atoms with van der Waals surface area (Å²) in [6, 6.07) is 0. The van der Waals surface area contributed by atoms with Gasteiger partial charge in [-0.1, -0.05) is 0 Å². The maximum Gasteiger partial charge on any atom is 0.146 e. The number of halogens is 1. The van der Waals surface area contributed by atoms with Crippen molar-refractivity contribution in [3.63, 3.8) is 0 Å². The van der Waals surface area contributed by atoms with E-state index < -0.39 is 0 Å². The predicted molar refractivity (Wildman–Crippen MR) is 57.3 cm³/mol. The molecule has 1 N–H and O–H groups in total. The van der Waals surface area contributed by atoms with Crippen LogP contribution in [0.1, 0.15) is 12.2 Å². The molecule has 76 valence electrons. The summed E-state index contributed by atoms with van der Waals surface area (Å²) in [6.07, 6.45) is 2.34. The first-order chi connectivity index (χ1) is 6.66. The first kappa shape index (κ1) is 9.86. The van der Waals surface area contributed by atoms with Gasteiger partial charge in [0.1, 0.15) is 11.6 Å². The van der Waals surface area contributed by atoms with Gasteiger partial charge in [-0.3, -0.25) is 0 Å². The van der Waals surface area contributed by atoms with Crippen molar-refractivity contribution in [1.82, 2.24) is 9.97 Å². The summed E-state index contributed by atoms with van der Waals surface area (Å²) in [5.74, 6) is 1.64. The molecule has 1 atom stereocenters. The molecule has 1 aliphatic heterocycles. The third kappa shape index (κ3) is 1.88. The van der Waals surface area contributed by atoms with Crippen LogP contribution in [0.15, 0.2) is 10.7 Å². The molecule has 14 heavy (non-hydrogen) atoms. The van der Waals surface area contributed by atoms with Crippen molar-refractivity contribution in [2.24, 2.45) is 0 Å². The molecule has 0 bridgehead atoms. The highest BCUT2D eigenvalue weighted by Gasteiger charge is 2.23. The molecular formula is C9H12BrN3O. The van der Waals surface area contributed by atoms with Gasteiger partial charge in [0.15, 0.2) is 0 Å². The summed E-state index contributed by atoms with van der Waals surface area (Å²) < 4.78 is 0.886. The van der Waals surface area contributed by atoms with Crippen molar-refractivity contribution < 1.29 is 5.11 Å². The van der Waals surface area contributed by atoms with Crippen molar-refractivity contribution in [3.05, 3.63) is 16.5 Å². The highest BCUT2D eigenvalue weighted by atomic mass is 79.9. The molecule has 1 aromatic rings. The predicted octanol–water partition coefficient (Wildman–Crippen LogP) is 1.12. The first-order valence-corrected chi connectivity index (χ1v) is 5.38. The van der Waals surface area contributed by atoms with Crippen LogP contribution in [0.4, 0.5) is 5.82 Å². The molecule has 0 aliphatic carbocycles. The van der Waals surface area contributed by atoms with Gasteiger partial charge in [0.05, 0.1) is 10.6 Å². The smallest absolute Gasteiger partial charge is 0.146 e. The van der Waals surface area contributed by atoms with Crippen LogP contribution >= 0.6 is 15.9 Å². The molecule has 1 fully saturated rings. The number of anilines is 1. The molecule has 1 aromatic heterocycles. The molecule has 2 heterocycles. The van der Waals surface area contributed by atoms with E-state index >= 15 is 0 Å². The Morgan fingerprint density at radius 3 is 3.07 bits per heavy atom. The topological polar surface area (TPSA) is 49.2 Å². The van der Waals surface area contributed by atoms with Crippen LogP contribution in [0.2, 0.25) is 0 Å². The molecule has 2 rings (SSSR count). The van der Waals surface area contributed by atoms with Gasteiger partial charge in [0.2, 0.25) is 0 Å². The molecule has 0 saturated carbocycles. The van der Waals surface area contributed by atoms with Gasteiger partial charge in [-0.15, -0.1) is 0 Å². The van der Waals surface area contributed by atoms with Crippen molar-refractivity contribution in [1.29, 1.82) is 0 Å². The number of aliphatic hydroxyl groups is 1. The monoisotopic (exact) mass is 257 g/mol. The zero-order valence-electron chi connectivity index (χ0n) is 7.94. The average Bonchev–Trinajstić information content (AvgIpc) is 2.56. The van der Waals surface area contributed by atoms with Crippen molar-refractivity contribution >= 4 is 21.7 Å². The van der Waals surface area contributed by atoms with E-state index in [4.69, 9.17) is 0 Å². The van der Waals surface area contributed by atoms with E-state index in [-0.39, 0.29) is 6.10 Å². The van der Waals surface area contributed by atoms with Crippen LogP contribution in [0.25, 0.3) is 0 Å². The Morgan fingerprint density at radius 2 is 2.43 bits per heavy atom. The molecule has 0 aromatic carbocycles. The fourth-order valence-electron chi connectivity index (χ4n) is 1.60. The van der Waals surface area contributed by atoms with Crippen molar-refractivity contribution in [2.45, 2.75) is 19.4 Å². The summed E-state index contributed by atoms with van der Waals surface area (Å²) >= 11 is 3.41. The van der Waals surface area contributed by atoms with E-state index in [0.717, 1.165) is 29.1 Å². The lowest BCUT2D eigenvalue weighted by atomic mass is 10.3. The number of rotatable bonds is 1. The Balaban J connectivity index is 2.27. The van der Waals surface area contributed by atoms with E-state index in [2.05, 4.69) is 30.8 Å². The first-order valence-electron chi connectivity index (χ1n) is 4.59. The number of aryl methyl sites for hydroxylation is 1. The molecule has 0 radical (unpaired) electrons. The van der Waals surface area contributed by atoms with Gasteiger partial charge < -0.3 is 10.0 Å². The average molecular weight is 258 g/mol. The van der Waals surface area contributed by atoms with Crippen LogP contribution in [-0.2, 0) is 0 Å². The Bertz CT molecular complexity index is 345. The Morgan fingerprint density at radius 1 is 1.64 bits per heavy atom. The van der Waals surface area contributed by atoms with E-state index in [0.29, 0.717) is 6.54 Å². The second-order valence-electron chi connectivity index (χ2n) is 3.48. The highest BCUT2D eigenvalue weighted by molar-refractivity contribution is 9.10. The molecular weight excluding hydrogens is 246 g/mol. The lowest BCUT2D eigenvalue weighted by molar-refractivity contribution is 0.198. The Labute approximate surface area is 91.1 Å². The standard InChI is InChI=1S/C9H12BrN3O/c1-6-11-4-8(10)9(12-6)13-3-2-7(14)5-13/h4,7,14H,2-3,5H2,1H3. The van der Waals surface area contributed by atoms with Crippen LogP contribution < -0.4 is 4.90 Å². The summed E-state index contributed by atoms with van der Waals surface area (Å²) in [5.41, 5.74) is 0. The summed E-state index contributed by atoms with van der Waals surface area (Å²) in [6.45, 7) is 3.38. The lowest BCUT2D eigenvalue weighted by Gasteiger charge is -2.17.